The summed E-state index contributed by atoms with van der Waals surface area (Å²) in [6.45, 7) is 0.594. The predicted octanol–water partition coefficient (Wildman–Crippen LogP) is 3.97. The van der Waals surface area contributed by atoms with Gasteiger partial charge in [0, 0.05) is 13.1 Å². The fourth-order valence-corrected chi connectivity index (χ4v) is 8.67. The van der Waals surface area contributed by atoms with Gasteiger partial charge in [0.05, 0.1) is 39.8 Å². The van der Waals surface area contributed by atoms with Gasteiger partial charge in [0.1, 0.15) is 5.82 Å². The molecule has 1 atom stereocenters. The van der Waals surface area contributed by atoms with Gasteiger partial charge in [-0.05, 0) is 24.1 Å². The lowest BCUT2D eigenvalue weighted by Crippen LogP contribution is -2.38. The van der Waals surface area contributed by atoms with Crippen LogP contribution in [0.4, 0.5) is 0 Å². The van der Waals surface area contributed by atoms with E-state index in [4.69, 9.17) is 4.98 Å². The molecule has 0 bridgehead atoms. The number of carbonyl (C=O) groups is 1. The number of amides is 1. The fraction of sp³-hybridized carbons (Fsp3) is 0.333. The molecule has 1 saturated heterocycles. The van der Waals surface area contributed by atoms with Crippen molar-refractivity contribution in [2.45, 2.75) is 34.3 Å². The van der Waals surface area contributed by atoms with Crippen LogP contribution in [-0.2, 0) is 26.9 Å². The minimum atomic E-state index is -3.05. The summed E-state index contributed by atoms with van der Waals surface area (Å²) in [5.74, 6) is 1.66. The zero-order chi connectivity index (χ0) is 25.1. The number of thioether (sulfide) groups is 2. The number of hydrogen-bond acceptors (Lipinski definition) is 9. The molecule has 2 aromatic heterocycles. The van der Waals surface area contributed by atoms with Crippen LogP contribution in [0.3, 0.4) is 0 Å². The Hall–Kier alpha value is -2.41. The van der Waals surface area contributed by atoms with Gasteiger partial charge in [-0.3, -0.25) is 4.79 Å². The topological polar surface area (TPSA) is 98.1 Å². The molecule has 1 fully saturated rings. The minimum Gasteiger partial charge on any atom is -0.341 e. The second kappa shape index (κ2) is 10.9. The van der Waals surface area contributed by atoms with Gasteiger partial charge >= 0.3 is 0 Å². The second-order valence-electron chi connectivity index (χ2n) is 8.56. The molecule has 0 spiro atoms. The number of para-hydroxylation sites is 1. The van der Waals surface area contributed by atoms with Crippen molar-refractivity contribution in [2.75, 3.05) is 24.3 Å². The lowest BCUT2D eigenvalue weighted by Gasteiger charge is -2.23. The average molecular weight is 560 g/mol. The number of hydrogen-bond donors (Lipinski definition) is 0. The van der Waals surface area contributed by atoms with Crippen LogP contribution in [0.5, 0.6) is 0 Å². The van der Waals surface area contributed by atoms with E-state index < -0.39 is 9.84 Å². The van der Waals surface area contributed by atoms with Crippen LogP contribution in [-0.4, -0.2) is 69.3 Å². The zero-order valence-electron chi connectivity index (χ0n) is 19.6. The number of sulfone groups is 1. The van der Waals surface area contributed by atoms with Crippen LogP contribution in [0, 0.1) is 0 Å². The molecule has 188 valence electrons. The Labute approximate surface area is 222 Å². The van der Waals surface area contributed by atoms with Crippen molar-refractivity contribution in [3.8, 4) is 0 Å². The molecule has 0 radical (unpaired) electrons. The van der Waals surface area contributed by atoms with Crippen LogP contribution in [0.15, 0.2) is 64.1 Å². The molecule has 4 aromatic rings. The summed E-state index contributed by atoms with van der Waals surface area (Å²) in [4.78, 5) is 19.1. The largest absolute Gasteiger partial charge is 0.341 e. The number of fused-ring (bicyclic) bond motifs is 1. The third-order valence-electron chi connectivity index (χ3n) is 6.05. The zero-order valence-corrected chi connectivity index (χ0v) is 22.9. The van der Waals surface area contributed by atoms with E-state index in [1.54, 1.807) is 35.0 Å². The van der Waals surface area contributed by atoms with Crippen molar-refractivity contribution < 1.29 is 13.2 Å². The first kappa shape index (κ1) is 25.2. The van der Waals surface area contributed by atoms with E-state index in [0.29, 0.717) is 23.9 Å². The Morgan fingerprint density at radius 2 is 1.89 bits per heavy atom. The van der Waals surface area contributed by atoms with Crippen LogP contribution >= 0.6 is 34.9 Å². The summed E-state index contributed by atoms with van der Waals surface area (Å²) >= 11 is 4.62. The monoisotopic (exact) mass is 559 g/mol. The van der Waals surface area contributed by atoms with Gasteiger partial charge in [0.25, 0.3) is 0 Å². The fourth-order valence-electron chi connectivity index (χ4n) is 4.01. The average Bonchev–Trinajstić information content (AvgIpc) is 3.57. The third kappa shape index (κ3) is 5.93. The number of carbonyl (C=O) groups excluding carboxylic acids is 1. The normalized spacial score (nSPS) is 17.0. The summed E-state index contributed by atoms with van der Waals surface area (Å²) in [6, 6.07) is 17.9. The van der Waals surface area contributed by atoms with Crippen molar-refractivity contribution >= 4 is 60.8 Å². The molecular formula is C24H25N5O3S4. The maximum atomic E-state index is 12.8. The van der Waals surface area contributed by atoms with E-state index in [1.165, 1.54) is 11.8 Å². The smallest absolute Gasteiger partial charge is 0.233 e. The highest BCUT2D eigenvalue weighted by Crippen LogP contribution is 2.32. The molecule has 8 nitrogen and oxygen atoms in total. The molecule has 5 rings (SSSR count). The highest BCUT2D eigenvalue weighted by molar-refractivity contribution is 8.00. The molecular weight excluding hydrogens is 535 g/mol. The summed E-state index contributed by atoms with van der Waals surface area (Å²) < 4.78 is 27.8. The van der Waals surface area contributed by atoms with E-state index >= 15 is 0 Å². The van der Waals surface area contributed by atoms with Crippen molar-refractivity contribution in [1.82, 2.24) is 24.6 Å². The lowest BCUT2D eigenvalue weighted by atomic mass is 10.2. The van der Waals surface area contributed by atoms with Gasteiger partial charge in [-0.15, -0.1) is 21.5 Å². The molecule has 1 aliphatic rings. The summed E-state index contributed by atoms with van der Waals surface area (Å²) in [5.41, 5.74) is 2.11. The van der Waals surface area contributed by atoms with Gasteiger partial charge in [-0.2, -0.15) is 0 Å². The predicted molar refractivity (Wildman–Crippen MR) is 145 cm³/mol. The van der Waals surface area contributed by atoms with Gasteiger partial charge in [0.2, 0.25) is 5.91 Å². The summed E-state index contributed by atoms with van der Waals surface area (Å²) in [6.07, 6.45) is 0.493. The maximum Gasteiger partial charge on any atom is 0.233 e. The van der Waals surface area contributed by atoms with Gasteiger partial charge in [-0.1, -0.05) is 66.0 Å². The van der Waals surface area contributed by atoms with E-state index in [0.717, 1.165) is 25.9 Å². The van der Waals surface area contributed by atoms with Gasteiger partial charge in [-0.25, -0.2) is 13.4 Å². The van der Waals surface area contributed by atoms with Gasteiger partial charge in [0.15, 0.2) is 19.3 Å². The Balaban J connectivity index is 1.30. The lowest BCUT2D eigenvalue weighted by molar-refractivity contribution is -0.128. The SMILES string of the molecule is CN(C(=O)CSc1nnc(CSc2nc3ccccc3s2)n1Cc1ccccc1)C1CCS(=O)(=O)C1. The Morgan fingerprint density at radius 1 is 1.11 bits per heavy atom. The van der Waals surface area contributed by atoms with Crippen LogP contribution in [0.2, 0.25) is 0 Å². The van der Waals surface area contributed by atoms with E-state index in [9.17, 15) is 13.2 Å². The molecule has 0 saturated carbocycles. The number of rotatable bonds is 9. The van der Waals surface area contributed by atoms with E-state index in [-0.39, 0.29) is 29.2 Å². The molecule has 0 N–H and O–H groups in total. The summed E-state index contributed by atoms with van der Waals surface area (Å²) in [7, 11) is -1.37. The molecule has 3 heterocycles. The molecule has 1 aliphatic heterocycles. The van der Waals surface area contributed by atoms with Crippen molar-refractivity contribution in [3.63, 3.8) is 0 Å². The Kier molecular flexibility index (Phi) is 7.65. The van der Waals surface area contributed by atoms with Crippen molar-refractivity contribution in [1.29, 1.82) is 0 Å². The highest BCUT2D eigenvalue weighted by Gasteiger charge is 2.32. The molecule has 36 heavy (non-hydrogen) atoms. The highest BCUT2D eigenvalue weighted by atomic mass is 32.2. The standard InChI is InChI=1S/C24H25N5O3S4/c1-28(18-11-12-36(31,32)16-18)22(30)15-33-23-27-26-21(29(23)13-17-7-3-2-4-8-17)14-34-24-25-19-9-5-6-10-20(19)35-24/h2-10,18H,11-16H2,1H3. The second-order valence-corrected chi connectivity index (χ2v) is 14.0. The van der Waals surface area contributed by atoms with Gasteiger partial charge < -0.3 is 9.47 Å². The first-order valence-corrected chi connectivity index (χ1v) is 16.0. The third-order valence-corrected chi connectivity index (χ3v) is 10.9. The van der Waals surface area contributed by atoms with Crippen LogP contribution in [0.25, 0.3) is 10.2 Å². The number of benzene rings is 2. The number of aromatic nitrogens is 4. The maximum absolute atomic E-state index is 12.8. The first-order chi connectivity index (χ1) is 17.4. The first-order valence-electron chi connectivity index (χ1n) is 11.4. The molecule has 0 aliphatic carbocycles. The Bertz CT molecular complexity index is 1440. The van der Waals surface area contributed by atoms with E-state index in [2.05, 4.69) is 28.4 Å². The molecule has 1 unspecified atom stereocenters. The quantitative estimate of drug-likeness (QED) is 0.284. The van der Waals surface area contributed by atoms with E-state index in [1.807, 2.05) is 41.0 Å². The Morgan fingerprint density at radius 3 is 2.64 bits per heavy atom. The van der Waals surface area contributed by atoms with Crippen LogP contribution in [0.1, 0.15) is 17.8 Å². The van der Waals surface area contributed by atoms with Crippen LogP contribution < -0.4 is 0 Å². The molecule has 12 heteroatoms. The summed E-state index contributed by atoms with van der Waals surface area (Å²) in [5, 5.41) is 9.51. The number of thiazole rings is 1. The van der Waals surface area contributed by atoms with Crippen molar-refractivity contribution in [3.05, 3.63) is 66.0 Å². The molecule has 2 aromatic carbocycles. The molecule has 1 amide bonds. The number of nitrogens with zero attached hydrogens (tertiary/aromatic N) is 5. The van der Waals surface area contributed by atoms with Crippen molar-refractivity contribution in [2.24, 2.45) is 0 Å². The minimum absolute atomic E-state index is 0.0389.